The first-order valence-electron chi connectivity index (χ1n) is 7.08. The lowest BCUT2D eigenvalue weighted by atomic mass is 10.1. The molecule has 1 aromatic carbocycles. The van der Waals surface area contributed by atoms with Gasteiger partial charge in [-0.2, -0.15) is 0 Å². The van der Waals surface area contributed by atoms with Crippen LogP contribution in [0.4, 0.5) is 0 Å². The minimum atomic E-state index is 0.0269. The molecule has 112 valence electrons. The molecule has 1 N–H and O–H groups in total. The molecule has 0 aliphatic carbocycles. The van der Waals surface area contributed by atoms with Crippen molar-refractivity contribution in [2.24, 2.45) is 0 Å². The highest BCUT2D eigenvalue weighted by atomic mass is 16.3. The van der Waals surface area contributed by atoms with Gasteiger partial charge in [-0.3, -0.25) is 9.69 Å². The zero-order chi connectivity index (χ0) is 15.2. The predicted molar refractivity (Wildman–Crippen MR) is 83.0 cm³/mol. The Morgan fingerprint density at radius 2 is 2.10 bits per heavy atom. The van der Waals surface area contributed by atoms with Crippen molar-refractivity contribution in [3.63, 3.8) is 0 Å². The number of carbonyl (C=O) groups is 1. The van der Waals surface area contributed by atoms with Crippen molar-refractivity contribution >= 4 is 5.91 Å². The molecule has 0 saturated carbocycles. The van der Waals surface area contributed by atoms with Crippen LogP contribution in [-0.2, 0) is 11.2 Å². The van der Waals surface area contributed by atoms with E-state index in [0.29, 0.717) is 13.0 Å². The molecule has 0 bridgehead atoms. The molecule has 0 aliphatic rings. The lowest BCUT2D eigenvalue weighted by molar-refractivity contribution is -0.120. The van der Waals surface area contributed by atoms with Crippen LogP contribution in [0.2, 0.25) is 0 Å². The summed E-state index contributed by atoms with van der Waals surface area (Å²) >= 11 is 0. The third-order valence-corrected chi connectivity index (χ3v) is 3.43. The highest BCUT2D eigenvalue weighted by Gasteiger charge is 2.17. The quantitative estimate of drug-likeness (QED) is 0.887. The van der Waals surface area contributed by atoms with Gasteiger partial charge in [-0.25, -0.2) is 0 Å². The molecule has 0 fully saturated rings. The van der Waals surface area contributed by atoms with Gasteiger partial charge in [0, 0.05) is 6.54 Å². The smallest absolute Gasteiger partial charge is 0.224 e. The minimum Gasteiger partial charge on any atom is -0.468 e. The second kappa shape index (κ2) is 7.09. The van der Waals surface area contributed by atoms with E-state index in [-0.39, 0.29) is 11.9 Å². The summed E-state index contributed by atoms with van der Waals surface area (Å²) in [7, 11) is 3.94. The highest BCUT2D eigenvalue weighted by molar-refractivity contribution is 5.78. The Labute approximate surface area is 125 Å². The molecule has 0 spiro atoms. The van der Waals surface area contributed by atoms with E-state index in [1.54, 1.807) is 6.26 Å². The van der Waals surface area contributed by atoms with Crippen molar-refractivity contribution in [2.45, 2.75) is 19.4 Å². The second-order valence-electron chi connectivity index (χ2n) is 5.46. The molecule has 1 amide bonds. The third-order valence-electron chi connectivity index (χ3n) is 3.43. The number of hydrogen-bond donors (Lipinski definition) is 1. The molecule has 0 saturated heterocycles. The van der Waals surface area contributed by atoms with E-state index < -0.39 is 0 Å². The van der Waals surface area contributed by atoms with E-state index in [9.17, 15) is 4.79 Å². The molecule has 0 radical (unpaired) electrons. The van der Waals surface area contributed by atoms with Gasteiger partial charge in [-0.05, 0) is 38.7 Å². The number of likely N-dealkylation sites (N-methyl/N-ethyl adjacent to an activating group) is 1. The van der Waals surface area contributed by atoms with Crippen LogP contribution >= 0.6 is 0 Å². The number of nitrogens with one attached hydrogen (secondary N) is 1. The Morgan fingerprint density at radius 3 is 2.71 bits per heavy atom. The standard InChI is InChI=1S/C17H22N2O2/c1-13-6-4-7-14(10-13)11-17(20)18-12-15(19(2)3)16-8-5-9-21-16/h4-10,15H,11-12H2,1-3H3,(H,18,20). The third kappa shape index (κ3) is 4.46. The van der Waals surface area contributed by atoms with Crippen molar-refractivity contribution in [2.75, 3.05) is 20.6 Å². The van der Waals surface area contributed by atoms with Crippen molar-refractivity contribution in [3.05, 3.63) is 59.5 Å². The topological polar surface area (TPSA) is 45.5 Å². The molecule has 21 heavy (non-hydrogen) atoms. The monoisotopic (exact) mass is 286 g/mol. The number of carbonyl (C=O) groups excluding carboxylic acids is 1. The Bertz CT molecular complexity index is 576. The first-order valence-corrected chi connectivity index (χ1v) is 7.08. The summed E-state index contributed by atoms with van der Waals surface area (Å²) in [5, 5.41) is 2.98. The summed E-state index contributed by atoms with van der Waals surface area (Å²) in [6.07, 6.45) is 2.06. The van der Waals surface area contributed by atoms with Crippen molar-refractivity contribution in [1.29, 1.82) is 0 Å². The number of amides is 1. The largest absolute Gasteiger partial charge is 0.468 e. The van der Waals surface area contributed by atoms with Gasteiger partial charge >= 0.3 is 0 Å². The summed E-state index contributed by atoms with van der Waals surface area (Å²) in [6, 6.07) is 11.8. The number of rotatable bonds is 6. The average Bonchev–Trinajstić information content (AvgIpc) is 2.92. The number of aryl methyl sites for hydroxylation is 1. The maximum Gasteiger partial charge on any atom is 0.224 e. The van der Waals surface area contributed by atoms with Crippen LogP contribution in [0.25, 0.3) is 0 Å². The van der Waals surface area contributed by atoms with E-state index >= 15 is 0 Å². The molecular formula is C17H22N2O2. The van der Waals surface area contributed by atoms with Crippen LogP contribution in [0.5, 0.6) is 0 Å². The fourth-order valence-corrected chi connectivity index (χ4v) is 2.30. The van der Waals surface area contributed by atoms with E-state index in [1.165, 1.54) is 5.56 Å². The average molecular weight is 286 g/mol. The van der Waals surface area contributed by atoms with Gasteiger partial charge in [-0.15, -0.1) is 0 Å². The minimum absolute atomic E-state index is 0.0269. The summed E-state index contributed by atoms with van der Waals surface area (Å²) in [5.41, 5.74) is 2.20. The molecular weight excluding hydrogens is 264 g/mol. The zero-order valence-corrected chi connectivity index (χ0v) is 12.8. The number of furan rings is 1. The normalized spacial score (nSPS) is 12.4. The predicted octanol–water partition coefficient (Wildman–Crippen LogP) is 2.55. The summed E-state index contributed by atoms with van der Waals surface area (Å²) in [6.45, 7) is 2.56. The number of nitrogens with zero attached hydrogens (tertiary/aromatic N) is 1. The SMILES string of the molecule is Cc1cccc(CC(=O)NCC(c2ccco2)N(C)C)c1. The maximum atomic E-state index is 12.1. The fourth-order valence-electron chi connectivity index (χ4n) is 2.30. The highest BCUT2D eigenvalue weighted by Crippen LogP contribution is 2.17. The Hall–Kier alpha value is -2.07. The van der Waals surface area contributed by atoms with Gasteiger partial charge < -0.3 is 9.73 Å². The van der Waals surface area contributed by atoms with Crippen molar-refractivity contribution < 1.29 is 9.21 Å². The van der Waals surface area contributed by atoms with E-state index in [0.717, 1.165) is 11.3 Å². The second-order valence-corrected chi connectivity index (χ2v) is 5.46. The molecule has 4 heteroatoms. The van der Waals surface area contributed by atoms with Crippen LogP contribution in [0.1, 0.15) is 22.9 Å². The first-order chi connectivity index (χ1) is 10.1. The zero-order valence-electron chi connectivity index (χ0n) is 12.8. The number of hydrogen-bond acceptors (Lipinski definition) is 3. The van der Waals surface area contributed by atoms with Crippen LogP contribution in [-0.4, -0.2) is 31.4 Å². The molecule has 1 heterocycles. The summed E-state index contributed by atoms with van der Waals surface area (Å²) < 4.78 is 5.43. The van der Waals surface area contributed by atoms with Crippen molar-refractivity contribution in [3.8, 4) is 0 Å². The van der Waals surface area contributed by atoms with E-state index in [1.807, 2.05) is 62.3 Å². The van der Waals surface area contributed by atoms with E-state index in [2.05, 4.69) is 5.32 Å². The lowest BCUT2D eigenvalue weighted by Crippen LogP contribution is -2.35. The lowest BCUT2D eigenvalue weighted by Gasteiger charge is -2.22. The molecule has 1 atom stereocenters. The summed E-state index contributed by atoms with van der Waals surface area (Å²) in [5.74, 6) is 0.884. The molecule has 2 rings (SSSR count). The van der Waals surface area contributed by atoms with Crippen molar-refractivity contribution in [1.82, 2.24) is 10.2 Å². The van der Waals surface area contributed by atoms with Gasteiger partial charge in [0.15, 0.2) is 0 Å². The maximum absolute atomic E-state index is 12.1. The molecule has 1 unspecified atom stereocenters. The Kier molecular flexibility index (Phi) is 5.17. The van der Waals surface area contributed by atoms with Gasteiger partial charge in [0.2, 0.25) is 5.91 Å². The molecule has 0 aliphatic heterocycles. The van der Waals surface area contributed by atoms with Gasteiger partial charge in [0.05, 0.1) is 18.7 Å². The molecule has 2 aromatic rings. The van der Waals surface area contributed by atoms with E-state index in [4.69, 9.17) is 4.42 Å². The first kappa shape index (κ1) is 15.3. The molecule has 1 aromatic heterocycles. The fraction of sp³-hybridized carbons (Fsp3) is 0.353. The van der Waals surface area contributed by atoms with Crippen LogP contribution in [0.15, 0.2) is 47.1 Å². The van der Waals surface area contributed by atoms with Crippen LogP contribution in [0.3, 0.4) is 0 Å². The number of benzene rings is 1. The van der Waals surface area contributed by atoms with Crippen LogP contribution in [0, 0.1) is 6.92 Å². The Morgan fingerprint density at radius 1 is 1.29 bits per heavy atom. The van der Waals surface area contributed by atoms with Gasteiger partial charge in [0.1, 0.15) is 5.76 Å². The summed E-state index contributed by atoms with van der Waals surface area (Å²) in [4.78, 5) is 14.1. The molecule has 4 nitrogen and oxygen atoms in total. The van der Waals surface area contributed by atoms with Gasteiger partial charge in [-0.1, -0.05) is 29.8 Å². The Balaban J connectivity index is 1.90. The van der Waals surface area contributed by atoms with Crippen LogP contribution < -0.4 is 5.32 Å². The van der Waals surface area contributed by atoms with Gasteiger partial charge in [0.25, 0.3) is 0 Å².